The van der Waals surface area contributed by atoms with Crippen molar-refractivity contribution in [3.05, 3.63) is 334 Å². The molecule has 0 aliphatic rings. The van der Waals surface area contributed by atoms with Gasteiger partial charge in [-0.1, -0.05) is 231 Å². The van der Waals surface area contributed by atoms with Gasteiger partial charge in [-0.05, 0) is 113 Å². The summed E-state index contributed by atoms with van der Waals surface area (Å²) < 4.78 is 4.76. The zero-order valence-corrected chi connectivity index (χ0v) is 50.9. The molecule has 0 aliphatic carbocycles. The van der Waals surface area contributed by atoms with Crippen LogP contribution >= 0.6 is 0 Å². The van der Waals surface area contributed by atoms with E-state index in [-0.39, 0.29) is 0 Å². The number of hydrogen-bond donors (Lipinski definition) is 0. The van der Waals surface area contributed by atoms with Crippen LogP contribution in [-0.4, -0.2) is 34.1 Å². The molecule has 0 radical (unpaired) electrons. The zero-order valence-electron chi connectivity index (χ0n) is 50.9. The molecule has 0 unspecified atom stereocenters. The first-order valence-electron chi connectivity index (χ1n) is 31.8. The van der Waals surface area contributed by atoms with Crippen LogP contribution in [0.15, 0.2) is 334 Å². The van der Waals surface area contributed by atoms with Crippen LogP contribution in [0.4, 0.5) is 0 Å². The van der Waals surface area contributed by atoms with Crippen LogP contribution in [0, 0.1) is 0 Å². The smallest absolute Gasteiger partial charge is 0.160 e. The highest BCUT2D eigenvalue weighted by molar-refractivity contribution is 6.22. The minimum absolute atomic E-state index is 0.698. The Morgan fingerprint density at radius 1 is 0.213 bits per heavy atom. The summed E-state index contributed by atoms with van der Waals surface area (Å²) in [7, 11) is 0. The first-order chi connectivity index (χ1) is 46.6. The van der Waals surface area contributed by atoms with Crippen molar-refractivity contribution in [1.29, 1.82) is 0 Å². The van der Waals surface area contributed by atoms with Crippen LogP contribution in [0.2, 0.25) is 0 Å². The molecule has 0 saturated heterocycles. The third kappa shape index (κ3) is 9.33. The molecule has 19 aromatic rings. The van der Waals surface area contributed by atoms with Crippen LogP contribution in [0.1, 0.15) is 0 Å². The number of para-hydroxylation sites is 6. The summed E-state index contributed by atoms with van der Waals surface area (Å²) in [5, 5.41) is 14.1. The molecule has 0 amide bonds. The maximum atomic E-state index is 5.35. The second kappa shape index (κ2) is 22.6. The lowest BCUT2D eigenvalue weighted by Gasteiger charge is -2.14. The molecule has 6 heterocycles. The van der Waals surface area contributed by atoms with Gasteiger partial charge in [0.05, 0.1) is 61.6 Å². The quantitative estimate of drug-likeness (QED) is 0.142. The predicted molar refractivity (Wildman–Crippen MR) is 391 cm³/mol. The molecule has 0 fully saturated rings. The normalized spacial score (nSPS) is 11.6. The Bertz CT molecular complexity index is 6100. The average Bonchev–Trinajstić information content (AvgIpc) is 1.46. The highest BCUT2D eigenvalue weighted by Crippen LogP contribution is 2.44. The van der Waals surface area contributed by atoms with Gasteiger partial charge in [0.25, 0.3) is 0 Å². The van der Waals surface area contributed by atoms with Crippen molar-refractivity contribution in [2.45, 2.75) is 0 Å². The zero-order chi connectivity index (χ0) is 62.1. The summed E-state index contributed by atoms with van der Waals surface area (Å²) in [6.07, 6.45) is 1.90. The Labute approximate surface area is 541 Å². The monoisotopic (exact) mass is 1200 g/mol. The minimum Gasteiger partial charge on any atom is -0.309 e. The molecule has 6 aromatic heterocycles. The molecule has 0 saturated carbocycles. The van der Waals surface area contributed by atoms with Gasteiger partial charge in [-0.2, -0.15) is 0 Å². The second-order valence-electron chi connectivity index (χ2n) is 23.9. The SMILES string of the molecule is c1ccc(-c2cc(-c3cccc(-c4nc5ccccc5c5cc6c(cc45)c4ccccc4n6-c4ccccc4)c3)nc(-c3ccccc3)n2)cc1.c1ccc(-n2c3ccccc3c3cc4c(-c5cccc(-c6nccc7ccccc67)c5)nc5ccccc5c4cc32)cc1. The minimum atomic E-state index is 0.698. The fourth-order valence-electron chi connectivity index (χ4n) is 14.0. The fourth-order valence-corrected chi connectivity index (χ4v) is 14.0. The summed E-state index contributed by atoms with van der Waals surface area (Å²) in [6.45, 7) is 0. The molecule has 0 aliphatic heterocycles. The number of nitrogens with zero attached hydrogens (tertiary/aromatic N) is 7. The van der Waals surface area contributed by atoms with Crippen molar-refractivity contribution in [2.75, 3.05) is 0 Å². The highest BCUT2D eigenvalue weighted by Gasteiger charge is 2.21. The lowest BCUT2D eigenvalue weighted by Crippen LogP contribution is -1.96. The number of aromatic nitrogens is 7. The molecule has 94 heavy (non-hydrogen) atoms. The summed E-state index contributed by atoms with van der Waals surface area (Å²) in [5.74, 6) is 0.698. The Hall–Kier alpha value is -12.7. The number of fused-ring (bicyclic) bond motifs is 13. The molecule has 438 valence electrons. The molecular weight excluding hydrogens is 1140 g/mol. The van der Waals surface area contributed by atoms with Crippen molar-refractivity contribution in [2.24, 2.45) is 0 Å². The van der Waals surface area contributed by atoms with E-state index < -0.39 is 0 Å². The maximum Gasteiger partial charge on any atom is 0.160 e. The topological polar surface area (TPSA) is 74.3 Å². The second-order valence-corrected chi connectivity index (χ2v) is 23.9. The van der Waals surface area contributed by atoms with Gasteiger partial charge in [-0.25, -0.2) is 19.9 Å². The Morgan fingerprint density at radius 3 is 1.16 bits per heavy atom. The number of rotatable bonds is 8. The molecule has 0 bridgehead atoms. The Kier molecular flexibility index (Phi) is 13.1. The summed E-state index contributed by atoms with van der Waals surface area (Å²) in [4.78, 5) is 25.6. The largest absolute Gasteiger partial charge is 0.309 e. The fraction of sp³-hybridized carbons (Fsp3) is 0. The predicted octanol–water partition coefficient (Wildman–Crippen LogP) is 22.3. The van der Waals surface area contributed by atoms with Gasteiger partial charge in [-0.15, -0.1) is 0 Å². The molecular formula is C87H55N7. The summed E-state index contributed by atoms with van der Waals surface area (Å²) >= 11 is 0. The van der Waals surface area contributed by atoms with Crippen LogP contribution in [0.5, 0.6) is 0 Å². The third-order valence-electron chi connectivity index (χ3n) is 18.4. The van der Waals surface area contributed by atoms with Crippen LogP contribution in [-0.2, 0) is 0 Å². The molecule has 0 atom stereocenters. The maximum absolute atomic E-state index is 5.35. The van der Waals surface area contributed by atoms with E-state index in [0.29, 0.717) is 5.82 Å². The van der Waals surface area contributed by atoms with Crippen LogP contribution in [0.3, 0.4) is 0 Å². The van der Waals surface area contributed by atoms with Gasteiger partial charge in [0.15, 0.2) is 5.82 Å². The van der Waals surface area contributed by atoms with Crippen molar-refractivity contribution in [3.8, 4) is 79.0 Å². The molecule has 0 N–H and O–H groups in total. The van der Waals surface area contributed by atoms with Gasteiger partial charge in [-0.3, -0.25) is 4.98 Å². The summed E-state index contributed by atoms with van der Waals surface area (Å²) in [6, 6.07) is 115. The van der Waals surface area contributed by atoms with Gasteiger partial charge >= 0.3 is 0 Å². The van der Waals surface area contributed by atoms with Crippen molar-refractivity contribution >= 4 is 97.7 Å². The van der Waals surface area contributed by atoms with Gasteiger partial charge in [0.1, 0.15) is 0 Å². The van der Waals surface area contributed by atoms with E-state index in [1.54, 1.807) is 0 Å². The Balaban J connectivity index is 0.000000140. The van der Waals surface area contributed by atoms with Crippen molar-refractivity contribution in [1.82, 2.24) is 34.1 Å². The van der Waals surface area contributed by atoms with E-state index in [1.807, 2.05) is 42.6 Å². The van der Waals surface area contributed by atoms with Crippen molar-refractivity contribution < 1.29 is 0 Å². The third-order valence-corrected chi connectivity index (χ3v) is 18.4. The first-order valence-corrected chi connectivity index (χ1v) is 31.8. The molecule has 7 nitrogen and oxygen atoms in total. The Morgan fingerprint density at radius 2 is 0.617 bits per heavy atom. The standard InChI is InChI=1S/C47H30N4.C40H25N3/c1-4-15-31(16-5-1)42-30-43(50-47(49-42)32-17-6-2-7-18-32)33-19-14-20-34(27-33)46-40-28-39-37-24-11-13-26-44(37)51(35-21-8-3-9-22-35)45(39)29-38(40)36-23-10-12-25-41(36)48-46;1-2-14-29(15-3-1)43-37-20-9-7-18-32(37)34-24-35-33(25-38(34)43)31-17-6-8-19-36(31)42-40(35)28-13-10-12-27(23-28)39-30-16-5-4-11-26(30)21-22-41-39/h1-30H;1-25H. The number of pyridine rings is 3. The van der Waals surface area contributed by atoms with E-state index in [9.17, 15) is 0 Å². The highest BCUT2D eigenvalue weighted by atomic mass is 15.0. The number of hydrogen-bond acceptors (Lipinski definition) is 5. The van der Waals surface area contributed by atoms with E-state index >= 15 is 0 Å². The lowest BCUT2D eigenvalue weighted by molar-refractivity contribution is 1.18. The van der Waals surface area contributed by atoms with E-state index in [0.717, 1.165) is 111 Å². The van der Waals surface area contributed by atoms with Crippen LogP contribution in [0.25, 0.3) is 177 Å². The van der Waals surface area contributed by atoms with Gasteiger partial charge < -0.3 is 9.13 Å². The average molecular weight is 1200 g/mol. The van der Waals surface area contributed by atoms with E-state index in [4.69, 9.17) is 24.9 Å². The van der Waals surface area contributed by atoms with E-state index in [2.05, 4.69) is 300 Å². The molecule has 13 aromatic carbocycles. The van der Waals surface area contributed by atoms with Gasteiger partial charge in [0.2, 0.25) is 0 Å². The molecule has 7 heteroatoms. The van der Waals surface area contributed by atoms with E-state index in [1.165, 1.54) is 59.8 Å². The van der Waals surface area contributed by atoms with Gasteiger partial charge in [0, 0.05) is 99.4 Å². The summed E-state index contributed by atoms with van der Waals surface area (Å²) in [5.41, 5.74) is 19.9. The number of benzene rings is 13. The molecule has 0 spiro atoms. The van der Waals surface area contributed by atoms with Crippen LogP contribution < -0.4 is 0 Å². The lowest BCUT2D eigenvalue weighted by atomic mass is 9.96. The molecule has 19 rings (SSSR count). The first kappa shape index (κ1) is 54.2. The van der Waals surface area contributed by atoms with Crippen molar-refractivity contribution in [3.63, 3.8) is 0 Å².